The Morgan fingerprint density at radius 1 is 0.800 bits per heavy atom. The van der Waals surface area contributed by atoms with Crippen LogP contribution in [0.5, 0.6) is 0 Å². The lowest BCUT2D eigenvalue weighted by molar-refractivity contribution is 0.0468. The molecule has 3 aromatic rings. The quantitative estimate of drug-likeness (QED) is 0.437. The van der Waals surface area contributed by atoms with Crippen LogP contribution in [0.15, 0.2) is 91.0 Å². The molecule has 1 unspecified atom stereocenters. The van der Waals surface area contributed by atoms with Crippen molar-refractivity contribution in [1.82, 2.24) is 4.90 Å². The molecule has 0 amide bonds. The van der Waals surface area contributed by atoms with Crippen molar-refractivity contribution in [2.45, 2.75) is 24.5 Å². The molecule has 4 rings (SSSR count). The van der Waals surface area contributed by atoms with Crippen molar-refractivity contribution < 1.29 is 12.6 Å². The third kappa shape index (κ3) is 4.19. The van der Waals surface area contributed by atoms with Crippen LogP contribution in [0.3, 0.4) is 0 Å². The van der Waals surface area contributed by atoms with Crippen LogP contribution in [-0.4, -0.2) is 38.8 Å². The zero-order valence-electron chi connectivity index (χ0n) is 17.1. The second-order valence-corrected chi connectivity index (χ2v) is 9.42. The number of hydrogen-bond acceptors (Lipinski definition) is 4. The van der Waals surface area contributed by atoms with Crippen molar-refractivity contribution in [2.75, 3.05) is 19.3 Å². The maximum absolute atomic E-state index is 11.8. The molecular formula is C25H27NO3S. The molecule has 1 saturated heterocycles. The maximum atomic E-state index is 11.8. The van der Waals surface area contributed by atoms with Gasteiger partial charge in [0, 0.05) is 6.54 Å². The minimum absolute atomic E-state index is 0.357. The largest absolute Gasteiger partial charge is 0.283 e. The molecule has 0 aliphatic carbocycles. The van der Waals surface area contributed by atoms with Gasteiger partial charge in [0.05, 0.1) is 17.9 Å². The highest BCUT2D eigenvalue weighted by atomic mass is 32.2. The Labute approximate surface area is 179 Å². The number of hydrogen-bond donors (Lipinski definition) is 0. The molecule has 0 saturated carbocycles. The number of benzene rings is 3. The molecule has 1 aliphatic rings. The lowest BCUT2D eigenvalue weighted by Crippen LogP contribution is -2.54. The summed E-state index contributed by atoms with van der Waals surface area (Å²) in [5, 5.41) is 0. The number of rotatable bonds is 6. The van der Waals surface area contributed by atoms with Gasteiger partial charge in [-0.3, -0.25) is 9.08 Å². The van der Waals surface area contributed by atoms with E-state index in [2.05, 4.69) is 77.7 Å². The Hall–Kier alpha value is -2.47. The summed E-state index contributed by atoms with van der Waals surface area (Å²) < 4.78 is 29.1. The fourth-order valence-electron chi connectivity index (χ4n) is 4.65. The van der Waals surface area contributed by atoms with Crippen LogP contribution in [0.2, 0.25) is 0 Å². The minimum atomic E-state index is -3.51. The Bertz CT molecular complexity index is 957. The Kier molecular flexibility index (Phi) is 6.04. The molecule has 0 radical (unpaired) electrons. The van der Waals surface area contributed by atoms with Crippen molar-refractivity contribution in [3.8, 4) is 0 Å². The standard InChI is InChI=1S/C25H27NO3S/c1-30(27,28)29-24-18-11-19-26(20-24)25(21-12-5-2-6-13-21,22-14-7-3-8-15-22)23-16-9-4-10-17-23/h2-10,12-17,24H,11,18-20H2,1H3. The molecule has 3 aromatic carbocycles. The van der Waals surface area contributed by atoms with E-state index in [1.807, 2.05) is 18.2 Å². The van der Waals surface area contributed by atoms with E-state index >= 15 is 0 Å². The van der Waals surface area contributed by atoms with Gasteiger partial charge in [-0.15, -0.1) is 0 Å². The summed E-state index contributed by atoms with van der Waals surface area (Å²) in [7, 11) is -3.51. The summed E-state index contributed by atoms with van der Waals surface area (Å²) in [4.78, 5) is 2.38. The highest BCUT2D eigenvalue weighted by Gasteiger charge is 2.44. The average Bonchev–Trinajstić information content (AvgIpc) is 2.76. The molecule has 0 spiro atoms. The lowest BCUT2D eigenvalue weighted by atomic mass is 9.74. The predicted molar refractivity (Wildman–Crippen MR) is 120 cm³/mol. The molecule has 0 bridgehead atoms. The van der Waals surface area contributed by atoms with Gasteiger partial charge >= 0.3 is 0 Å². The number of nitrogens with zero attached hydrogens (tertiary/aromatic N) is 1. The highest BCUT2D eigenvalue weighted by Crippen LogP contribution is 2.43. The van der Waals surface area contributed by atoms with Crippen LogP contribution in [0.4, 0.5) is 0 Å². The topological polar surface area (TPSA) is 46.6 Å². The van der Waals surface area contributed by atoms with Gasteiger partial charge in [-0.25, -0.2) is 0 Å². The summed E-state index contributed by atoms with van der Waals surface area (Å²) >= 11 is 0. The summed E-state index contributed by atoms with van der Waals surface area (Å²) in [5.74, 6) is 0. The first-order valence-electron chi connectivity index (χ1n) is 10.3. The predicted octanol–water partition coefficient (Wildman–Crippen LogP) is 4.42. The molecule has 1 fully saturated rings. The zero-order chi connectivity index (χ0) is 21.0. The fourth-order valence-corrected chi connectivity index (χ4v) is 5.31. The smallest absolute Gasteiger partial charge is 0.264 e. The number of piperidine rings is 1. The van der Waals surface area contributed by atoms with Gasteiger partial charge in [0.1, 0.15) is 0 Å². The van der Waals surface area contributed by atoms with Crippen molar-refractivity contribution in [2.24, 2.45) is 0 Å². The summed E-state index contributed by atoms with van der Waals surface area (Å²) in [6.07, 6.45) is 2.38. The Balaban J connectivity index is 1.91. The molecule has 5 heteroatoms. The van der Waals surface area contributed by atoms with Crippen LogP contribution in [0, 0.1) is 0 Å². The first-order valence-corrected chi connectivity index (χ1v) is 12.1. The van der Waals surface area contributed by atoms with E-state index in [9.17, 15) is 8.42 Å². The van der Waals surface area contributed by atoms with E-state index in [1.165, 1.54) is 0 Å². The van der Waals surface area contributed by atoms with Crippen molar-refractivity contribution >= 4 is 10.1 Å². The monoisotopic (exact) mass is 421 g/mol. The first kappa shape index (κ1) is 20.8. The average molecular weight is 422 g/mol. The Morgan fingerprint density at radius 3 is 1.63 bits per heavy atom. The van der Waals surface area contributed by atoms with E-state index in [0.717, 1.165) is 42.3 Å². The molecule has 0 N–H and O–H groups in total. The summed E-state index contributed by atoms with van der Waals surface area (Å²) in [5.41, 5.74) is 2.93. The van der Waals surface area contributed by atoms with Crippen molar-refractivity contribution in [3.63, 3.8) is 0 Å². The summed E-state index contributed by atoms with van der Waals surface area (Å²) in [6.45, 7) is 1.38. The molecule has 0 aromatic heterocycles. The second-order valence-electron chi connectivity index (χ2n) is 7.82. The molecular weight excluding hydrogens is 394 g/mol. The van der Waals surface area contributed by atoms with Crippen molar-refractivity contribution in [3.05, 3.63) is 108 Å². The van der Waals surface area contributed by atoms with Crippen LogP contribution in [0.1, 0.15) is 29.5 Å². The molecule has 156 valence electrons. The minimum Gasteiger partial charge on any atom is -0.283 e. The van der Waals surface area contributed by atoms with Crippen LogP contribution in [0.25, 0.3) is 0 Å². The molecule has 30 heavy (non-hydrogen) atoms. The van der Waals surface area contributed by atoms with Gasteiger partial charge in [-0.2, -0.15) is 8.42 Å². The molecule has 1 heterocycles. The molecule has 1 atom stereocenters. The van der Waals surface area contributed by atoms with Gasteiger partial charge in [0.2, 0.25) is 0 Å². The van der Waals surface area contributed by atoms with Crippen LogP contribution >= 0.6 is 0 Å². The number of likely N-dealkylation sites (tertiary alicyclic amines) is 1. The van der Waals surface area contributed by atoms with Gasteiger partial charge < -0.3 is 0 Å². The van der Waals surface area contributed by atoms with E-state index in [-0.39, 0.29) is 6.10 Å². The second kappa shape index (κ2) is 8.72. The van der Waals surface area contributed by atoms with E-state index < -0.39 is 15.7 Å². The lowest BCUT2D eigenvalue weighted by Gasteiger charge is -2.48. The summed E-state index contributed by atoms with van der Waals surface area (Å²) in [6, 6.07) is 31.4. The fraction of sp³-hybridized carbons (Fsp3) is 0.280. The Morgan fingerprint density at radius 2 is 1.23 bits per heavy atom. The molecule has 4 nitrogen and oxygen atoms in total. The highest BCUT2D eigenvalue weighted by molar-refractivity contribution is 7.86. The van der Waals surface area contributed by atoms with Crippen LogP contribution < -0.4 is 0 Å². The zero-order valence-corrected chi connectivity index (χ0v) is 18.0. The van der Waals surface area contributed by atoms with Crippen LogP contribution in [-0.2, 0) is 19.8 Å². The SMILES string of the molecule is CS(=O)(=O)OC1CCCN(C(c2ccccc2)(c2ccccc2)c2ccccc2)C1. The van der Waals surface area contributed by atoms with Gasteiger partial charge in [0.25, 0.3) is 10.1 Å². The van der Waals surface area contributed by atoms with Crippen molar-refractivity contribution in [1.29, 1.82) is 0 Å². The van der Waals surface area contributed by atoms with E-state index in [1.54, 1.807) is 0 Å². The molecule has 1 aliphatic heterocycles. The normalized spacial score (nSPS) is 18.2. The maximum Gasteiger partial charge on any atom is 0.264 e. The van der Waals surface area contributed by atoms with E-state index in [0.29, 0.717) is 6.54 Å². The van der Waals surface area contributed by atoms with E-state index in [4.69, 9.17) is 4.18 Å². The first-order chi connectivity index (χ1) is 14.5. The van der Waals surface area contributed by atoms with Gasteiger partial charge in [0.15, 0.2) is 0 Å². The van der Waals surface area contributed by atoms with Gasteiger partial charge in [-0.1, -0.05) is 91.0 Å². The third-order valence-electron chi connectivity index (χ3n) is 5.74. The third-order valence-corrected chi connectivity index (χ3v) is 6.36. The van der Waals surface area contributed by atoms with Gasteiger partial charge in [-0.05, 0) is 36.1 Å².